The van der Waals surface area contributed by atoms with Gasteiger partial charge in [-0.25, -0.2) is 8.42 Å². The molecule has 3 N–H and O–H groups in total. The first-order valence-corrected chi connectivity index (χ1v) is 9.48. The Hall–Kier alpha value is -2.50. The summed E-state index contributed by atoms with van der Waals surface area (Å²) < 4.78 is 65.5. The highest BCUT2D eigenvalue weighted by molar-refractivity contribution is 7.92. The van der Waals surface area contributed by atoms with Crippen LogP contribution in [0.5, 0.6) is 0 Å². The zero-order chi connectivity index (χ0) is 20.9. The van der Waals surface area contributed by atoms with E-state index in [2.05, 4.69) is 14.7 Å². The molecule has 7 nitrogen and oxygen atoms in total. The minimum atomic E-state index is -4.70. The average molecular weight is 454 g/mol. The summed E-state index contributed by atoms with van der Waals surface area (Å²) in [6.07, 6.45) is -4.70. The summed E-state index contributed by atoms with van der Waals surface area (Å²) in [5.74, 6) is 0. The van der Waals surface area contributed by atoms with Crippen molar-refractivity contribution in [2.75, 3.05) is 4.72 Å². The van der Waals surface area contributed by atoms with Crippen molar-refractivity contribution in [3.63, 3.8) is 0 Å². The Balaban J connectivity index is 2.05. The monoisotopic (exact) mass is 453 g/mol. The summed E-state index contributed by atoms with van der Waals surface area (Å²) in [4.78, 5) is 26.7. The van der Waals surface area contributed by atoms with E-state index in [-0.39, 0.29) is 21.7 Å². The van der Waals surface area contributed by atoms with Gasteiger partial charge in [0.15, 0.2) is 0 Å². The number of fused-ring (bicyclic) bond motifs is 1. The molecule has 3 rings (SSSR count). The second-order valence-corrected chi connectivity index (χ2v) is 8.00. The lowest BCUT2D eigenvalue weighted by molar-refractivity contribution is -0.137. The molecule has 0 aliphatic carbocycles. The number of sulfonamides is 1. The van der Waals surface area contributed by atoms with Crippen LogP contribution in [0.3, 0.4) is 0 Å². The molecule has 0 saturated heterocycles. The molecule has 28 heavy (non-hydrogen) atoms. The number of H-pyrrole nitrogens is 2. The summed E-state index contributed by atoms with van der Waals surface area (Å²) >= 11 is 11.5. The predicted octanol–water partition coefficient (Wildman–Crippen LogP) is 3.34. The lowest BCUT2D eigenvalue weighted by Gasteiger charge is -2.13. The van der Waals surface area contributed by atoms with Crippen LogP contribution in [-0.2, 0) is 16.2 Å². The minimum Gasteiger partial charge on any atom is -0.316 e. The van der Waals surface area contributed by atoms with Crippen molar-refractivity contribution in [3.8, 4) is 0 Å². The summed E-state index contributed by atoms with van der Waals surface area (Å²) in [5.41, 5.74) is -3.23. The smallest absolute Gasteiger partial charge is 0.316 e. The van der Waals surface area contributed by atoms with Gasteiger partial charge in [-0.05, 0) is 30.3 Å². The van der Waals surface area contributed by atoms with E-state index in [0.29, 0.717) is 6.07 Å². The second kappa shape index (κ2) is 6.83. The fraction of sp³-hybridized carbons (Fsp3) is 0.0667. The number of nitrogens with one attached hydrogen (secondary N) is 3. The maximum absolute atomic E-state index is 12.8. The van der Waals surface area contributed by atoms with Crippen LogP contribution in [0.1, 0.15) is 5.56 Å². The first-order chi connectivity index (χ1) is 12.9. The van der Waals surface area contributed by atoms with E-state index in [4.69, 9.17) is 23.2 Å². The number of hydrogen-bond acceptors (Lipinski definition) is 4. The third-order valence-corrected chi connectivity index (χ3v) is 5.75. The molecule has 0 spiro atoms. The van der Waals surface area contributed by atoms with Gasteiger partial charge in [-0.1, -0.05) is 23.2 Å². The van der Waals surface area contributed by atoms with Crippen molar-refractivity contribution in [2.45, 2.75) is 11.1 Å². The van der Waals surface area contributed by atoms with Crippen molar-refractivity contribution in [1.82, 2.24) is 9.97 Å². The molecule has 0 fully saturated rings. The highest BCUT2D eigenvalue weighted by Crippen LogP contribution is 2.36. The summed E-state index contributed by atoms with van der Waals surface area (Å²) in [6.45, 7) is 0. The molecule has 3 aromatic rings. The largest absolute Gasteiger partial charge is 0.417 e. The molecule has 148 valence electrons. The Morgan fingerprint density at radius 1 is 0.893 bits per heavy atom. The third kappa shape index (κ3) is 3.86. The van der Waals surface area contributed by atoms with Gasteiger partial charge in [0.25, 0.3) is 10.0 Å². The molecular formula is C15H8Cl2F3N3O4S. The number of alkyl halides is 3. The average Bonchev–Trinajstić information content (AvgIpc) is 2.54. The van der Waals surface area contributed by atoms with E-state index in [0.717, 1.165) is 24.3 Å². The lowest BCUT2D eigenvalue weighted by atomic mass is 10.2. The van der Waals surface area contributed by atoms with Crippen LogP contribution < -0.4 is 15.8 Å². The number of anilines is 1. The molecule has 0 amide bonds. The van der Waals surface area contributed by atoms with Crippen molar-refractivity contribution in [2.24, 2.45) is 0 Å². The number of aromatic amines is 2. The highest BCUT2D eigenvalue weighted by Gasteiger charge is 2.33. The van der Waals surface area contributed by atoms with Crippen LogP contribution in [-0.4, -0.2) is 18.4 Å². The van der Waals surface area contributed by atoms with E-state index < -0.39 is 42.8 Å². The van der Waals surface area contributed by atoms with Crippen molar-refractivity contribution < 1.29 is 21.6 Å². The molecule has 0 saturated carbocycles. The molecule has 1 aromatic heterocycles. The molecular weight excluding hydrogens is 446 g/mol. The molecule has 13 heteroatoms. The van der Waals surface area contributed by atoms with Gasteiger partial charge in [-0.2, -0.15) is 13.2 Å². The number of rotatable bonds is 3. The van der Waals surface area contributed by atoms with Crippen LogP contribution in [0.2, 0.25) is 10.0 Å². The molecule has 0 atom stereocenters. The Bertz CT molecular complexity index is 1320. The van der Waals surface area contributed by atoms with Gasteiger partial charge >= 0.3 is 17.3 Å². The van der Waals surface area contributed by atoms with Gasteiger partial charge in [0, 0.05) is 0 Å². The summed E-state index contributed by atoms with van der Waals surface area (Å²) in [6, 6.07) is 4.44. The summed E-state index contributed by atoms with van der Waals surface area (Å²) in [5, 5.41) is -0.986. The molecule has 0 unspecified atom stereocenters. The quantitative estimate of drug-likeness (QED) is 0.527. The maximum atomic E-state index is 12.8. The fourth-order valence-electron chi connectivity index (χ4n) is 2.34. The van der Waals surface area contributed by atoms with E-state index in [1.807, 2.05) is 0 Å². The molecule has 0 radical (unpaired) electrons. The van der Waals surface area contributed by atoms with Gasteiger partial charge in [0.1, 0.15) is 4.90 Å². The van der Waals surface area contributed by atoms with Gasteiger partial charge in [-0.3, -0.25) is 14.3 Å². The topological polar surface area (TPSA) is 112 Å². The summed E-state index contributed by atoms with van der Waals surface area (Å²) in [7, 11) is -4.36. The Labute approximate surface area is 164 Å². The van der Waals surface area contributed by atoms with Crippen LogP contribution in [0, 0.1) is 0 Å². The molecule has 0 bridgehead atoms. The Morgan fingerprint density at radius 2 is 1.46 bits per heavy atom. The molecule has 1 heterocycles. The van der Waals surface area contributed by atoms with E-state index in [1.54, 1.807) is 0 Å². The highest BCUT2D eigenvalue weighted by atomic mass is 35.5. The van der Waals surface area contributed by atoms with E-state index >= 15 is 0 Å². The van der Waals surface area contributed by atoms with Crippen molar-refractivity contribution in [1.29, 1.82) is 0 Å². The maximum Gasteiger partial charge on any atom is 0.417 e. The van der Waals surface area contributed by atoms with Crippen LogP contribution >= 0.6 is 23.2 Å². The normalized spacial score (nSPS) is 12.3. The Morgan fingerprint density at radius 3 is 2.00 bits per heavy atom. The standard InChI is InChI=1S/C15H8Cl2F3N3O4S/c16-8-3-6(1-2-7(8)15(18,19)20)23-28(26,27)12-5-11-10(4-9(12)17)21-13(24)14(25)22-11/h1-5,23H,(H,21,24)(H,22,25). The fourth-order valence-corrected chi connectivity index (χ4v) is 4.23. The van der Waals surface area contributed by atoms with Gasteiger partial charge < -0.3 is 9.97 Å². The number of halogens is 5. The minimum absolute atomic E-state index is 0.0140. The van der Waals surface area contributed by atoms with Crippen LogP contribution in [0.25, 0.3) is 11.0 Å². The Kier molecular flexibility index (Phi) is 4.94. The second-order valence-electron chi connectivity index (χ2n) is 5.53. The van der Waals surface area contributed by atoms with Crippen molar-refractivity contribution in [3.05, 3.63) is 66.6 Å². The first-order valence-electron chi connectivity index (χ1n) is 7.24. The first kappa shape index (κ1) is 20.2. The van der Waals surface area contributed by atoms with Crippen molar-refractivity contribution >= 4 is 49.9 Å². The van der Waals surface area contributed by atoms with Gasteiger partial charge in [-0.15, -0.1) is 0 Å². The van der Waals surface area contributed by atoms with Gasteiger partial charge in [0.2, 0.25) is 0 Å². The number of aromatic nitrogens is 2. The lowest BCUT2D eigenvalue weighted by Crippen LogP contribution is -2.29. The number of hydrogen-bond donors (Lipinski definition) is 3. The SMILES string of the molecule is O=c1[nH]c2cc(Cl)c(S(=O)(=O)Nc3ccc(C(F)(F)F)c(Cl)c3)cc2[nH]c1=O. The zero-order valence-electron chi connectivity index (χ0n) is 13.3. The van der Waals surface area contributed by atoms with E-state index in [9.17, 15) is 31.2 Å². The zero-order valence-corrected chi connectivity index (χ0v) is 15.6. The predicted molar refractivity (Wildman–Crippen MR) is 97.5 cm³/mol. The third-order valence-electron chi connectivity index (χ3n) is 3.59. The number of benzene rings is 2. The molecule has 0 aliphatic rings. The van der Waals surface area contributed by atoms with Gasteiger partial charge in [0.05, 0.1) is 32.3 Å². The molecule has 0 aliphatic heterocycles. The van der Waals surface area contributed by atoms with Crippen LogP contribution in [0.4, 0.5) is 18.9 Å². The molecule has 2 aromatic carbocycles. The van der Waals surface area contributed by atoms with E-state index in [1.165, 1.54) is 0 Å². The van der Waals surface area contributed by atoms with Crippen LogP contribution in [0.15, 0.2) is 44.8 Å².